The van der Waals surface area contributed by atoms with Gasteiger partial charge in [-0.25, -0.2) is 4.79 Å². The Bertz CT molecular complexity index is 570. The molecule has 2 rings (SSSR count). The lowest BCUT2D eigenvalue weighted by molar-refractivity contribution is 0.0697. The average Bonchev–Trinajstić information content (AvgIpc) is 2.38. The van der Waals surface area contributed by atoms with Gasteiger partial charge in [-0.05, 0) is 30.2 Å². The highest BCUT2D eigenvalue weighted by Crippen LogP contribution is 2.15. The summed E-state index contributed by atoms with van der Waals surface area (Å²) < 4.78 is 0. The molecule has 0 aromatic carbocycles. The fourth-order valence-corrected chi connectivity index (χ4v) is 1.59. The molecule has 0 aliphatic rings. The van der Waals surface area contributed by atoms with Gasteiger partial charge in [0, 0.05) is 31.3 Å². The van der Waals surface area contributed by atoms with Gasteiger partial charge in [-0.2, -0.15) is 0 Å². The van der Waals surface area contributed by atoms with Crippen LogP contribution in [0.1, 0.15) is 21.5 Å². The van der Waals surface area contributed by atoms with E-state index in [4.69, 9.17) is 5.11 Å². The molecule has 2 aromatic heterocycles. The van der Waals surface area contributed by atoms with E-state index in [1.807, 2.05) is 13.0 Å². The second-order valence-corrected chi connectivity index (χ2v) is 3.88. The van der Waals surface area contributed by atoms with E-state index in [0.29, 0.717) is 12.2 Å². The first-order valence-electron chi connectivity index (χ1n) is 5.49. The lowest BCUT2D eigenvalue weighted by Gasteiger charge is -2.10. The molecule has 0 aliphatic heterocycles. The molecule has 0 fully saturated rings. The van der Waals surface area contributed by atoms with Crippen LogP contribution in [0.15, 0.2) is 36.9 Å². The Labute approximate surface area is 105 Å². The molecule has 0 bridgehead atoms. The summed E-state index contributed by atoms with van der Waals surface area (Å²) in [5.41, 5.74) is 2.87. The molecule has 5 heteroatoms. The quantitative estimate of drug-likeness (QED) is 0.860. The molecule has 18 heavy (non-hydrogen) atoms. The highest BCUT2D eigenvalue weighted by atomic mass is 16.4. The van der Waals surface area contributed by atoms with Crippen LogP contribution < -0.4 is 5.32 Å². The number of pyridine rings is 2. The van der Waals surface area contributed by atoms with Crippen LogP contribution in [-0.2, 0) is 6.54 Å². The number of nitrogens with zero attached hydrogens (tertiary/aromatic N) is 2. The number of aromatic nitrogens is 2. The highest BCUT2D eigenvalue weighted by Gasteiger charge is 2.09. The van der Waals surface area contributed by atoms with Gasteiger partial charge in [0.2, 0.25) is 0 Å². The van der Waals surface area contributed by atoms with Crippen molar-refractivity contribution in [1.29, 1.82) is 0 Å². The Morgan fingerprint density at radius 2 is 2.00 bits per heavy atom. The van der Waals surface area contributed by atoms with Gasteiger partial charge in [0.25, 0.3) is 0 Å². The number of hydrogen-bond donors (Lipinski definition) is 2. The molecule has 2 aromatic rings. The first-order valence-corrected chi connectivity index (χ1v) is 5.49. The summed E-state index contributed by atoms with van der Waals surface area (Å²) in [6.07, 6.45) is 6.39. The maximum atomic E-state index is 11.0. The van der Waals surface area contributed by atoms with Crippen LogP contribution in [0.5, 0.6) is 0 Å². The molecular weight excluding hydrogens is 230 g/mol. The zero-order valence-corrected chi connectivity index (χ0v) is 9.92. The molecular formula is C13H13N3O2. The normalized spacial score (nSPS) is 10.1. The second kappa shape index (κ2) is 5.27. The number of nitrogens with one attached hydrogen (secondary N) is 1. The van der Waals surface area contributed by atoms with Crippen LogP contribution in [0.25, 0.3) is 0 Å². The molecule has 0 radical (unpaired) electrons. The van der Waals surface area contributed by atoms with Crippen LogP contribution >= 0.6 is 0 Å². The standard InChI is InChI=1S/C13H13N3O2/c1-9-2-4-14-6-10(9)7-16-12-3-5-15-8-11(12)13(17)18/h2-6,8H,7H2,1H3,(H,15,16)(H,17,18). The fraction of sp³-hybridized carbons (Fsp3) is 0.154. The van der Waals surface area contributed by atoms with Crippen molar-refractivity contribution < 1.29 is 9.90 Å². The van der Waals surface area contributed by atoms with Crippen molar-refractivity contribution >= 4 is 11.7 Å². The Morgan fingerprint density at radius 1 is 1.28 bits per heavy atom. The first-order chi connectivity index (χ1) is 8.68. The average molecular weight is 243 g/mol. The monoisotopic (exact) mass is 243 g/mol. The number of carboxylic acids is 1. The van der Waals surface area contributed by atoms with Crippen LogP contribution in [0, 0.1) is 6.92 Å². The summed E-state index contributed by atoms with van der Waals surface area (Å²) in [7, 11) is 0. The van der Waals surface area contributed by atoms with E-state index in [1.54, 1.807) is 24.7 Å². The Kier molecular flexibility index (Phi) is 3.52. The summed E-state index contributed by atoms with van der Waals surface area (Å²) in [4.78, 5) is 18.9. The Morgan fingerprint density at radius 3 is 2.72 bits per heavy atom. The number of aromatic carboxylic acids is 1. The Hall–Kier alpha value is -2.43. The van der Waals surface area contributed by atoms with Gasteiger partial charge in [0.15, 0.2) is 0 Å². The van der Waals surface area contributed by atoms with E-state index in [-0.39, 0.29) is 5.56 Å². The largest absolute Gasteiger partial charge is 0.478 e. The Balaban J connectivity index is 2.16. The molecule has 0 saturated heterocycles. The van der Waals surface area contributed by atoms with Gasteiger partial charge >= 0.3 is 5.97 Å². The maximum Gasteiger partial charge on any atom is 0.339 e. The van der Waals surface area contributed by atoms with E-state index >= 15 is 0 Å². The van der Waals surface area contributed by atoms with Gasteiger partial charge < -0.3 is 10.4 Å². The molecule has 0 saturated carbocycles. The number of aryl methyl sites for hydroxylation is 1. The molecule has 0 amide bonds. The predicted molar refractivity (Wildman–Crippen MR) is 67.5 cm³/mol. The zero-order chi connectivity index (χ0) is 13.0. The number of carbonyl (C=O) groups is 1. The molecule has 0 unspecified atom stereocenters. The molecule has 0 spiro atoms. The third-order valence-corrected chi connectivity index (χ3v) is 2.67. The van der Waals surface area contributed by atoms with Crippen LogP contribution in [0.2, 0.25) is 0 Å². The van der Waals surface area contributed by atoms with Crippen LogP contribution in [0.3, 0.4) is 0 Å². The molecule has 0 aliphatic carbocycles. The molecule has 2 N–H and O–H groups in total. The van der Waals surface area contributed by atoms with Crippen molar-refractivity contribution in [2.24, 2.45) is 0 Å². The van der Waals surface area contributed by atoms with E-state index in [2.05, 4.69) is 15.3 Å². The SMILES string of the molecule is Cc1ccncc1CNc1ccncc1C(=O)O. The van der Waals surface area contributed by atoms with E-state index < -0.39 is 5.97 Å². The zero-order valence-electron chi connectivity index (χ0n) is 9.92. The summed E-state index contributed by atoms with van der Waals surface area (Å²) in [6.45, 7) is 2.52. The van der Waals surface area contributed by atoms with Crippen molar-refractivity contribution in [2.75, 3.05) is 5.32 Å². The van der Waals surface area contributed by atoms with Gasteiger partial charge in [0.05, 0.1) is 5.69 Å². The number of anilines is 1. The smallest absolute Gasteiger partial charge is 0.339 e. The summed E-state index contributed by atoms with van der Waals surface area (Å²) in [5, 5.41) is 12.1. The second-order valence-electron chi connectivity index (χ2n) is 3.88. The molecule has 5 nitrogen and oxygen atoms in total. The summed E-state index contributed by atoms with van der Waals surface area (Å²) >= 11 is 0. The van der Waals surface area contributed by atoms with Gasteiger partial charge in [-0.15, -0.1) is 0 Å². The molecule has 0 atom stereocenters. The van der Waals surface area contributed by atoms with E-state index in [0.717, 1.165) is 11.1 Å². The third kappa shape index (κ3) is 2.63. The van der Waals surface area contributed by atoms with Crippen molar-refractivity contribution in [3.63, 3.8) is 0 Å². The van der Waals surface area contributed by atoms with Crippen LogP contribution in [-0.4, -0.2) is 21.0 Å². The van der Waals surface area contributed by atoms with Crippen LogP contribution in [0.4, 0.5) is 5.69 Å². The number of carboxylic acid groups (broad SMARTS) is 1. The van der Waals surface area contributed by atoms with Crippen molar-refractivity contribution in [1.82, 2.24) is 9.97 Å². The lowest BCUT2D eigenvalue weighted by atomic mass is 10.1. The maximum absolute atomic E-state index is 11.0. The third-order valence-electron chi connectivity index (χ3n) is 2.67. The van der Waals surface area contributed by atoms with Gasteiger partial charge in [-0.3, -0.25) is 9.97 Å². The minimum atomic E-state index is -0.992. The van der Waals surface area contributed by atoms with Gasteiger partial charge in [-0.1, -0.05) is 0 Å². The number of rotatable bonds is 4. The molecule has 92 valence electrons. The predicted octanol–water partition coefficient (Wildman–Crippen LogP) is 2.10. The van der Waals surface area contributed by atoms with Crippen molar-refractivity contribution in [3.8, 4) is 0 Å². The van der Waals surface area contributed by atoms with Gasteiger partial charge in [0.1, 0.15) is 5.56 Å². The highest BCUT2D eigenvalue weighted by molar-refractivity contribution is 5.93. The minimum absolute atomic E-state index is 0.166. The summed E-state index contributed by atoms with van der Waals surface area (Å²) in [5.74, 6) is -0.992. The lowest BCUT2D eigenvalue weighted by Crippen LogP contribution is -2.07. The van der Waals surface area contributed by atoms with Crippen molar-refractivity contribution in [2.45, 2.75) is 13.5 Å². The van der Waals surface area contributed by atoms with E-state index in [9.17, 15) is 4.79 Å². The van der Waals surface area contributed by atoms with E-state index in [1.165, 1.54) is 6.20 Å². The fourth-order valence-electron chi connectivity index (χ4n) is 1.59. The van der Waals surface area contributed by atoms with Crippen molar-refractivity contribution in [3.05, 3.63) is 53.6 Å². The number of hydrogen-bond acceptors (Lipinski definition) is 4. The molecule has 2 heterocycles. The minimum Gasteiger partial charge on any atom is -0.478 e. The summed E-state index contributed by atoms with van der Waals surface area (Å²) in [6, 6.07) is 3.57. The topological polar surface area (TPSA) is 75.1 Å². The first kappa shape index (κ1) is 12.0.